The Morgan fingerprint density at radius 1 is 1.47 bits per heavy atom. The third-order valence-corrected chi connectivity index (χ3v) is 2.98. The molecule has 1 aromatic carbocycles. The van der Waals surface area contributed by atoms with Crippen molar-refractivity contribution in [2.45, 2.75) is 26.3 Å². The van der Waals surface area contributed by atoms with Crippen LogP contribution in [0.1, 0.15) is 30.6 Å². The van der Waals surface area contributed by atoms with Crippen molar-refractivity contribution in [3.05, 3.63) is 33.8 Å². The van der Waals surface area contributed by atoms with E-state index < -0.39 is 23.0 Å². The molecule has 1 N–H and O–H groups in total. The van der Waals surface area contributed by atoms with Gasteiger partial charge in [0, 0.05) is 12.5 Å². The van der Waals surface area contributed by atoms with Crippen molar-refractivity contribution in [2.24, 2.45) is 0 Å². The van der Waals surface area contributed by atoms with E-state index in [0.29, 0.717) is 6.54 Å². The van der Waals surface area contributed by atoms with Crippen LogP contribution in [0.2, 0.25) is 0 Å². The molecule has 0 bridgehead atoms. The second-order valence-electron chi connectivity index (χ2n) is 3.80. The summed E-state index contributed by atoms with van der Waals surface area (Å²) >= 11 is 2.94. The molecule has 0 saturated carbocycles. The van der Waals surface area contributed by atoms with Crippen LogP contribution < -0.4 is 5.32 Å². The van der Waals surface area contributed by atoms with Gasteiger partial charge in [-0.25, -0.2) is 8.78 Å². The largest absolute Gasteiger partial charge is 0.314 e. The quantitative estimate of drug-likeness (QED) is 0.668. The lowest BCUT2D eigenvalue weighted by Crippen LogP contribution is -2.28. The fourth-order valence-corrected chi connectivity index (χ4v) is 1.91. The summed E-state index contributed by atoms with van der Waals surface area (Å²) in [7, 11) is 0. The molecule has 0 amide bonds. The topological polar surface area (TPSA) is 29.1 Å². The van der Waals surface area contributed by atoms with Gasteiger partial charge in [-0.15, -0.1) is 0 Å². The third-order valence-electron chi connectivity index (χ3n) is 2.37. The summed E-state index contributed by atoms with van der Waals surface area (Å²) in [6.07, 6.45) is 0.0676. The summed E-state index contributed by atoms with van der Waals surface area (Å²) in [5.74, 6) is -2.19. The Morgan fingerprint density at radius 3 is 2.71 bits per heavy atom. The molecule has 17 heavy (non-hydrogen) atoms. The Morgan fingerprint density at radius 2 is 2.12 bits per heavy atom. The number of rotatable bonds is 5. The van der Waals surface area contributed by atoms with Gasteiger partial charge in [0.05, 0.1) is 10.0 Å². The van der Waals surface area contributed by atoms with Gasteiger partial charge in [0.25, 0.3) is 0 Å². The van der Waals surface area contributed by atoms with Crippen molar-refractivity contribution in [1.82, 2.24) is 5.32 Å². The van der Waals surface area contributed by atoms with E-state index in [4.69, 9.17) is 0 Å². The van der Waals surface area contributed by atoms with Crippen LogP contribution in [0, 0.1) is 11.6 Å². The van der Waals surface area contributed by atoms with E-state index in [1.54, 1.807) is 6.92 Å². The highest BCUT2D eigenvalue weighted by Crippen LogP contribution is 2.23. The number of Topliss-reactive ketones (excluding diaryl/α,β-unsaturated/α-hetero) is 1. The van der Waals surface area contributed by atoms with E-state index in [0.717, 1.165) is 6.07 Å². The van der Waals surface area contributed by atoms with Gasteiger partial charge >= 0.3 is 0 Å². The van der Waals surface area contributed by atoms with Gasteiger partial charge in [0.2, 0.25) is 0 Å². The van der Waals surface area contributed by atoms with Gasteiger partial charge < -0.3 is 5.32 Å². The first-order valence-corrected chi connectivity index (χ1v) is 6.16. The van der Waals surface area contributed by atoms with Crippen LogP contribution in [-0.4, -0.2) is 18.4 Å². The maximum Gasteiger partial charge on any atom is 0.170 e. The Labute approximate surface area is 108 Å². The molecule has 0 aromatic heterocycles. The first-order valence-electron chi connectivity index (χ1n) is 5.37. The molecule has 0 aliphatic carbocycles. The minimum atomic E-state index is -0.835. The molecule has 0 fully saturated rings. The predicted octanol–water partition coefficient (Wildman–Crippen LogP) is 3.30. The van der Waals surface area contributed by atoms with Crippen molar-refractivity contribution in [1.29, 1.82) is 0 Å². The van der Waals surface area contributed by atoms with Crippen molar-refractivity contribution in [3.8, 4) is 0 Å². The first-order chi connectivity index (χ1) is 7.97. The summed E-state index contributed by atoms with van der Waals surface area (Å²) in [4.78, 5) is 11.8. The summed E-state index contributed by atoms with van der Waals surface area (Å²) in [5, 5.41) is 3.02. The van der Waals surface area contributed by atoms with E-state index in [9.17, 15) is 13.6 Å². The van der Waals surface area contributed by atoms with Gasteiger partial charge in [-0.2, -0.15) is 0 Å². The summed E-state index contributed by atoms with van der Waals surface area (Å²) in [5.41, 5.74) is -0.468. The van der Waals surface area contributed by atoms with Crippen molar-refractivity contribution in [2.75, 3.05) is 6.54 Å². The summed E-state index contributed by atoms with van der Waals surface area (Å²) in [6, 6.07) is 2.22. The van der Waals surface area contributed by atoms with Gasteiger partial charge in [0.15, 0.2) is 11.6 Å². The number of carbonyl (C=O) groups excluding carboxylic acids is 1. The third kappa shape index (κ3) is 3.57. The fraction of sp³-hybridized carbons (Fsp3) is 0.417. The van der Waals surface area contributed by atoms with Crippen molar-refractivity contribution < 1.29 is 13.6 Å². The van der Waals surface area contributed by atoms with Crippen LogP contribution >= 0.6 is 15.9 Å². The lowest BCUT2D eigenvalue weighted by Gasteiger charge is -2.12. The summed E-state index contributed by atoms with van der Waals surface area (Å²) in [6.45, 7) is 4.41. The lowest BCUT2D eigenvalue weighted by molar-refractivity contribution is 0.0963. The number of benzene rings is 1. The minimum absolute atomic E-state index is 0.0676. The zero-order chi connectivity index (χ0) is 13.0. The van der Waals surface area contributed by atoms with Gasteiger partial charge in [0.1, 0.15) is 5.82 Å². The molecule has 0 spiro atoms. The zero-order valence-corrected chi connectivity index (χ0v) is 11.3. The molecule has 1 atom stereocenters. The maximum atomic E-state index is 13.6. The molecule has 1 unspecified atom stereocenters. The number of nitrogens with one attached hydrogen (secondary N) is 1. The first kappa shape index (κ1) is 14.3. The van der Waals surface area contributed by atoms with Crippen LogP contribution in [0.3, 0.4) is 0 Å². The standard InChI is InChI=1S/C12H14BrF2NO/c1-3-16-7(2)6-10(17)11-9(14)5-4-8(13)12(11)15/h4-5,7,16H,3,6H2,1-2H3. The second-order valence-corrected chi connectivity index (χ2v) is 4.66. The molecule has 94 valence electrons. The highest BCUT2D eigenvalue weighted by molar-refractivity contribution is 9.10. The minimum Gasteiger partial charge on any atom is -0.314 e. The molecule has 0 saturated heterocycles. The Hall–Kier alpha value is -0.810. The number of hydrogen-bond acceptors (Lipinski definition) is 2. The van der Waals surface area contributed by atoms with E-state index in [1.165, 1.54) is 6.07 Å². The van der Waals surface area contributed by atoms with Crippen LogP contribution in [0.4, 0.5) is 8.78 Å². The lowest BCUT2D eigenvalue weighted by atomic mass is 10.0. The average Bonchev–Trinajstić information content (AvgIpc) is 2.24. The summed E-state index contributed by atoms with van der Waals surface area (Å²) < 4.78 is 27.1. The number of hydrogen-bond donors (Lipinski definition) is 1. The number of carbonyl (C=O) groups is 1. The molecule has 2 nitrogen and oxygen atoms in total. The molecule has 0 heterocycles. The molecule has 0 aliphatic heterocycles. The monoisotopic (exact) mass is 305 g/mol. The average molecular weight is 306 g/mol. The molecule has 0 aliphatic rings. The molecular formula is C12H14BrF2NO. The molecule has 0 radical (unpaired) electrons. The van der Waals surface area contributed by atoms with Crippen molar-refractivity contribution in [3.63, 3.8) is 0 Å². The Kier molecular flexibility index (Phi) is 5.21. The Balaban J connectivity index is 2.93. The number of halogens is 3. The number of ketones is 1. The van der Waals surface area contributed by atoms with E-state index in [2.05, 4.69) is 21.2 Å². The molecule has 5 heteroatoms. The zero-order valence-electron chi connectivity index (χ0n) is 9.69. The maximum absolute atomic E-state index is 13.6. The highest BCUT2D eigenvalue weighted by atomic mass is 79.9. The highest BCUT2D eigenvalue weighted by Gasteiger charge is 2.20. The Bertz CT molecular complexity index is 423. The molecular weight excluding hydrogens is 292 g/mol. The van der Waals surface area contributed by atoms with Crippen LogP contribution in [-0.2, 0) is 0 Å². The normalized spacial score (nSPS) is 12.5. The van der Waals surface area contributed by atoms with Crippen LogP contribution in [0.15, 0.2) is 16.6 Å². The fourth-order valence-electron chi connectivity index (χ4n) is 1.58. The van der Waals surface area contributed by atoms with E-state index in [-0.39, 0.29) is 16.9 Å². The predicted molar refractivity (Wildman–Crippen MR) is 66.1 cm³/mol. The van der Waals surface area contributed by atoms with E-state index in [1.807, 2.05) is 6.92 Å². The van der Waals surface area contributed by atoms with Crippen LogP contribution in [0.5, 0.6) is 0 Å². The van der Waals surface area contributed by atoms with E-state index >= 15 is 0 Å². The smallest absolute Gasteiger partial charge is 0.170 e. The van der Waals surface area contributed by atoms with Crippen molar-refractivity contribution >= 4 is 21.7 Å². The SMILES string of the molecule is CCNC(C)CC(=O)c1c(F)ccc(Br)c1F. The molecule has 1 aromatic rings. The second kappa shape index (κ2) is 6.21. The molecule has 1 rings (SSSR count). The van der Waals surface area contributed by atoms with Crippen LogP contribution in [0.25, 0.3) is 0 Å². The van der Waals surface area contributed by atoms with Gasteiger partial charge in [-0.3, -0.25) is 4.79 Å². The van der Waals surface area contributed by atoms with Gasteiger partial charge in [-0.05, 0) is 41.5 Å². The van der Waals surface area contributed by atoms with Gasteiger partial charge in [-0.1, -0.05) is 6.92 Å².